The Balaban J connectivity index is 1.68. The fourth-order valence-electron chi connectivity index (χ4n) is 3.43. The minimum atomic E-state index is -0.857. The van der Waals surface area contributed by atoms with Crippen LogP contribution in [-0.4, -0.2) is 44.4 Å². The molecule has 1 saturated heterocycles. The second-order valence-corrected chi connectivity index (χ2v) is 6.82. The Morgan fingerprint density at radius 2 is 1.96 bits per heavy atom. The van der Waals surface area contributed by atoms with Gasteiger partial charge < -0.3 is 19.3 Å². The van der Waals surface area contributed by atoms with Gasteiger partial charge in [-0.2, -0.15) is 0 Å². The summed E-state index contributed by atoms with van der Waals surface area (Å²) in [4.78, 5) is 2.24. The molecule has 3 rings (SSSR count). The van der Waals surface area contributed by atoms with Crippen LogP contribution in [0.25, 0.3) is 0 Å². The Labute approximate surface area is 143 Å². The molecule has 0 amide bonds. The van der Waals surface area contributed by atoms with Crippen LogP contribution in [0.3, 0.4) is 0 Å². The predicted octanol–water partition coefficient (Wildman–Crippen LogP) is 2.00. The van der Waals surface area contributed by atoms with Gasteiger partial charge in [0.15, 0.2) is 5.82 Å². The van der Waals surface area contributed by atoms with Gasteiger partial charge in [0.05, 0.1) is 0 Å². The Bertz CT molecular complexity index is 694. The number of hydrogen-bond acceptors (Lipinski definition) is 5. The lowest BCUT2D eigenvalue weighted by Crippen LogP contribution is -2.43. The van der Waals surface area contributed by atoms with Crippen LogP contribution in [-0.2, 0) is 19.3 Å². The molecule has 24 heavy (non-hydrogen) atoms. The molecule has 1 aromatic heterocycles. The fourth-order valence-corrected chi connectivity index (χ4v) is 3.43. The molecule has 1 aromatic carbocycles. The van der Waals surface area contributed by atoms with E-state index in [2.05, 4.69) is 22.1 Å². The first-order valence-electron chi connectivity index (χ1n) is 8.40. The number of likely N-dealkylation sites (tertiary alicyclic amines) is 1. The molecule has 0 bridgehead atoms. The van der Waals surface area contributed by atoms with Crippen LogP contribution in [0, 0.1) is 6.92 Å². The third-order valence-electron chi connectivity index (χ3n) is 5.16. The largest absolute Gasteiger partial charge is 0.486 e. The lowest BCUT2D eigenvalue weighted by atomic mass is 9.87. The van der Waals surface area contributed by atoms with Crippen LogP contribution < -0.4 is 4.74 Å². The number of rotatable bonds is 5. The van der Waals surface area contributed by atoms with Crippen molar-refractivity contribution in [2.75, 3.05) is 13.6 Å². The molecule has 1 aliphatic heterocycles. The summed E-state index contributed by atoms with van der Waals surface area (Å²) in [5.74, 6) is 2.41. The Hall–Kier alpha value is -1.92. The maximum atomic E-state index is 11.0. The summed E-state index contributed by atoms with van der Waals surface area (Å²) in [6.07, 6.45) is 2.16. The van der Waals surface area contributed by atoms with Gasteiger partial charge in [0.25, 0.3) is 0 Å². The number of hydrogen-bond donors (Lipinski definition) is 1. The molecule has 1 aliphatic rings. The summed E-state index contributed by atoms with van der Waals surface area (Å²) in [5, 5.41) is 19.1. The van der Waals surface area contributed by atoms with Gasteiger partial charge in [-0.05, 0) is 58.0 Å². The highest BCUT2D eigenvalue weighted by Crippen LogP contribution is 2.34. The van der Waals surface area contributed by atoms with E-state index in [1.165, 1.54) is 0 Å². The van der Waals surface area contributed by atoms with Gasteiger partial charge in [0.2, 0.25) is 0 Å². The van der Waals surface area contributed by atoms with Crippen molar-refractivity contribution < 1.29 is 9.84 Å². The molecule has 0 saturated carbocycles. The van der Waals surface area contributed by atoms with E-state index in [-0.39, 0.29) is 6.04 Å². The maximum absolute atomic E-state index is 11.0. The number of aliphatic hydroxyl groups is 1. The van der Waals surface area contributed by atoms with E-state index in [9.17, 15) is 5.11 Å². The third kappa shape index (κ3) is 3.16. The van der Waals surface area contributed by atoms with Gasteiger partial charge in [0, 0.05) is 13.1 Å². The molecule has 0 aliphatic carbocycles. The van der Waals surface area contributed by atoms with Crippen molar-refractivity contribution in [2.24, 2.45) is 7.05 Å². The summed E-state index contributed by atoms with van der Waals surface area (Å²) in [6.45, 7) is 5.22. The Morgan fingerprint density at radius 3 is 2.50 bits per heavy atom. The van der Waals surface area contributed by atoms with Gasteiger partial charge >= 0.3 is 0 Å². The van der Waals surface area contributed by atoms with Crippen molar-refractivity contribution >= 4 is 0 Å². The van der Waals surface area contributed by atoms with E-state index < -0.39 is 5.60 Å². The molecule has 2 aromatic rings. The summed E-state index contributed by atoms with van der Waals surface area (Å²) >= 11 is 0. The lowest BCUT2D eigenvalue weighted by molar-refractivity contribution is -0.0153. The normalized spacial score (nSPS) is 21.0. The zero-order valence-corrected chi connectivity index (χ0v) is 14.9. The summed E-state index contributed by atoms with van der Waals surface area (Å²) in [6, 6.07) is 7.86. The van der Waals surface area contributed by atoms with E-state index in [0.29, 0.717) is 6.61 Å². The van der Waals surface area contributed by atoms with Crippen LogP contribution in [0.2, 0.25) is 0 Å². The molecule has 0 radical (unpaired) electrons. The summed E-state index contributed by atoms with van der Waals surface area (Å²) in [7, 11) is 4.00. The topological polar surface area (TPSA) is 63.4 Å². The van der Waals surface area contributed by atoms with Gasteiger partial charge in [0.1, 0.15) is 23.8 Å². The quantitative estimate of drug-likeness (QED) is 0.908. The van der Waals surface area contributed by atoms with Gasteiger partial charge in [-0.1, -0.05) is 12.1 Å². The zero-order valence-electron chi connectivity index (χ0n) is 14.9. The van der Waals surface area contributed by atoms with E-state index in [1.54, 1.807) is 0 Å². The minimum Gasteiger partial charge on any atom is -0.486 e. The molecule has 0 spiro atoms. The lowest BCUT2D eigenvalue weighted by Gasteiger charge is -2.35. The Morgan fingerprint density at radius 1 is 1.25 bits per heavy atom. The Kier molecular flexibility index (Phi) is 4.60. The third-order valence-corrected chi connectivity index (χ3v) is 5.16. The number of aryl methyl sites for hydroxylation is 1. The monoisotopic (exact) mass is 330 g/mol. The maximum Gasteiger partial charge on any atom is 0.170 e. The molecule has 1 unspecified atom stereocenters. The highest BCUT2D eigenvalue weighted by molar-refractivity contribution is 5.32. The van der Waals surface area contributed by atoms with Gasteiger partial charge in [-0.15, -0.1) is 10.2 Å². The first kappa shape index (κ1) is 16.9. The first-order chi connectivity index (χ1) is 11.4. The highest BCUT2D eigenvalue weighted by Gasteiger charge is 2.38. The van der Waals surface area contributed by atoms with E-state index in [1.807, 2.05) is 49.7 Å². The number of ether oxygens (including phenoxy) is 1. The molecule has 1 fully saturated rings. The van der Waals surface area contributed by atoms with E-state index >= 15 is 0 Å². The highest BCUT2D eigenvalue weighted by atomic mass is 16.5. The van der Waals surface area contributed by atoms with E-state index in [0.717, 1.165) is 42.3 Å². The predicted molar refractivity (Wildman–Crippen MR) is 91.7 cm³/mol. The smallest absolute Gasteiger partial charge is 0.170 e. The number of aromatic nitrogens is 3. The minimum absolute atomic E-state index is 0.158. The molecule has 130 valence electrons. The second kappa shape index (κ2) is 6.53. The number of benzene rings is 1. The molecule has 2 heterocycles. The van der Waals surface area contributed by atoms with Crippen LogP contribution in [0.4, 0.5) is 0 Å². The van der Waals surface area contributed by atoms with Crippen molar-refractivity contribution in [1.82, 2.24) is 19.7 Å². The number of likely N-dealkylation sites (N-methyl/N-ethyl adjacent to an activating group) is 1. The van der Waals surface area contributed by atoms with E-state index in [4.69, 9.17) is 4.74 Å². The van der Waals surface area contributed by atoms with Crippen LogP contribution in [0.1, 0.15) is 37.0 Å². The molecule has 6 heteroatoms. The van der Waals surface area contributed by atoms with Crippen molar-refractivity contribution in [3.8, 4) is 5.75 Å². The molecular weight excluding hydrogens is 304 g/mol. The average Bonchev–Trinajstić information content (AvgIpc) is 3.13. The van der Waals surface area contributed by atoms with Crippen molar-refractivity contribution in [1.29, 1.82) is 0 Å². The van der Waals surface area contributed by atoms with Gasteiger partial charge in [-0.3, -0.25) is 0 Å². The SMILES string of the molecule is Cc1nnc(COc2ccc(C(C)(O)[C@H]3CCCN3C)cc2)n1C. The van der Waals surface area contributed by atoms with Crippen molar-refractivity contribution in [2.45, 2.75) is 44.9 Å². The molecular formula is C18H26N4O2. The summed E-state index contributed by atoms with van der Waals surface area (Å²) < 4.78 is 7.70. The fraction of sp³-hybridized carbons (Fsp3) is 0.556. The molecule has 2 atom stereocenters. The molecule has 1 N–H and O–H groups in total. The number of nitrogens with zero attached hydrogens (tertiary/aromatic N) is 4. The van der Waals surface area contributed by atoms with Crippen LogP contribution in [0.15, 0.2) is 24.3 Å². The molecule has 6 nitrogen and oxygen atoms in total. The summed E-state index contributed by atoms with van der Waals surface area (Å²) in [5.41, 5.74) is 0.0629. The van der Waals surface area contributed by atoms with Crippen molar-refractivity contribution in [3.05, 3.63) is 41.5 Å². The van der Waals surface area contributed by atoms with Crippen LogP contribution in [0.5, 0.6) is 5.75 Å². The zero-order chi connectivity index (χ0) is 17.3. The average molecular weight is 330 g/mol. The van der Waals surface area contributed by atoms with Crippen LogP contribution >= 0.6 is 0 Å². The first-order valence-corrected chi connectivity index (χ1v) is 8.40. The standard InChI is InChI=1S/C18H26N4O2/c1-13-19-20-17(22(13)4)12-24-15-9-7-14(8-10-15)18(2,23)16-6-5-11-21(16)3/h7-10,16,23H,5-6,11-12H2,1-4H3/t16-,18?/m1/s1. The van der Waals surface area contributed by atoms with Crippen molar-refractivity contribution in [3.63, 3.8) is 0 Å². The second-order valence-electron chi connectivity index (χ2n) is 6.82. The van der Waals surface area contributed by atoms with Gasteiger partial charge in [-0.25, -0.2) is 0 Å².